The SMILES string of the molecule is COc1ccc(-c2oc(N=Cc3ccc(OCc4ccc([N+](=O)[O-])cc4)cc3)c(C#N)c2-c2ccc(OC)cc2)cc1. The zero-order valence-corrected chi connectivity index (χ0v) is 22.8. The summed E-state index contributed by atoms with van der Waals surface area (Å²) in [5.41, 5.74) is 4.12. The van der Waals surface area contributed by atoms with Crippen LogP contribution in [0.1, 0.15) is 16.7 Å². The molecule has 0 spiro atoms. The summed E-state index contributed by atoms with van der Waals surface area (Å²) in [5.74, 6) is 2.74. The summed E-state index contributed by atoms with van der Waals surface area (Å²) < 4.78 is 22.6. The number of methoxy groups -OCH3 is 2. The molecule has 42 heavy (non-hydrogen) atoms. The number of hydrogen-bond acceptors (Lipinski definition) is 8. The van der Waals surface area contributed by atoms with Crippen molar-refractivity contribution in [3.8, 4) is 45.8 Å². The standard InChI is InChI=1S/C33H25N3O6/c1-39-27-15-7-24(8-16-27)31-30(19-34)33(42-32(31)25-9-17-28(40-2)18-10-25)35-20-22-5-13-29(14-6-22)41-21-23-3-11-26(12-4-23)36(37)38/h3-18,20H,21H2,1-2H3. The third-order valence-electron chi connectivity index (χ3n) is 6.50. The molecule has 9 nitrogen and oxygen atoms in total. The molecule has 5 rings (SSSR count). The number of ether oxygens (including phenoxy) is 3. The highest BCUT2D eigenvalue weighted by Gasteiger charge is 2.23. The van der Waals surface area contributed by atoms with E-state index in [2.05, 4.69) is 11.1 Å². The topological polar surface area (TPSA) is 120 Å². The number of hydrogen-bond donors (Lipinski definition) is 0. The zero-order valence-electron chi connectivity index (χ0n) is 22.8. The van der Waals surface area contributed by atoms with E-state index in [4.69, 9.17) is 18.6 Å². The Hall–Kier alpha value is -5.88. The smallest absolute Gasteiger partial charge is 0.269 e. The van der Waals surface area contributed by atoms with Crippen molar-refractivity contribution in [2.75, 3.05) is 14.2 Å². The van der Waals surface area contributed by atoms with Crippen molar-refractivity contribution in [3.63, 3.8) is 0 Å². The van der Waals surface area contributed by atoms with Gasteiger partial charge in [0.1, 0.15) is 41.2 Å². The van der Waals surface area contributed by atoms with Gasteiger partial charge in [-0.15, -0.1) is 0 Å². The number of nitro groups is 1. The van der Waals surface area contributed by atoms with Crippen molar-refractivity contribution in [1.29, 1.82) is 5.26 Å². The normalized spacial score (nSPS) is 10.8. The summed E-state index contributed by atoms with van der Waals surface area (Å²) >= 11 is 0. The fraction of sp³-hybridized carbons (Fsp3) is 0.0909. The Labute approximate surface area is 242 Å². The van der Waals surface area contributed by atoms with E-state index in [9.17, 15) is 15.4 Å². The molecule has 0 unspecified atom stereocenters. The van der Waals surface area contributed by atoms with Crippen LogP contribution in [-0.2, 0) is 6.61 Å². The van der Waals surface area contributed by atoms with E-state index < -0.39 is 4.92 Å². The minimum Gasteiger partial charge on any atom is -0.497 e. The van der Waals surface area contributed by atoms with Gasteiger partial charge in [0, 0.05) is 29.5 Å². The van der Waals surface area contributed by atoms with E-state index in [1.165, 1.54) is 12.1 Å². The Balaban J connectivity index is 1.40. The van der Waals surface area contributed by atoms with Crippen molar-refractivity contribution in [1.82, 2.24) is 0 Å². The molecule has 0 aliphatic rings. The molecular weight excluding hydrogens is 534 g/mol. The Morgan fingerprint density at radius 1 is 0.833 bits per heavy atom. The molecule has 208 valence electrons. The van der Waals surface area contributed by atoms with Crippen LogP contribution >= 0.6 is 0 Å². The second-order valence-electron chi connectivity index (χ2n) is 9.09. The number of nitro benzene ring substituents is 1. The number of non-ortho nitro benzene ring substituents is 1. The van der Waals surface area contributed by atoms with Gasteiger partial charge >= 0.3 is 0 Å². The van der Waals surface area contributed by atoms with Crippen LogP contribution in [0.5, 0.6) is 17.2 Å². The number of nitrogens with zero attached hydrogens (tertiary/aromatic N) is 3. The van der Waals surface area contributed by atoms with Crippen molar-refractivity contribution in [2.24, 2.45) is 4.99 Å². The maximum atomic E-state index is 10.8. The molecule has 9 heteroatoms. The molecule has 5 aromatic rings. The highest BCUT2D eigenvalue weighted by atomic mass is 16.6. The number of furan rings is 1. The first kappa shape index (κ1) is 27.7. The maximum absolute atomic E-state index is 10.8. The van der Waals surface area contributed by atoms with Crippen LogP contribution in [0.2, 0.25) is 0 Å². The maximum Gasteiger partial charge on any atom is 0.269 e. The van der Waals surface area contributed by atoms with Crippen molar-refractivity contribution in [2.45, 2.75) is 6.61 Å². The third-order valence-corrected chi connectivity index (χ3v) is 6.50. The molecule has 0 N–H and O–H groups in total. The second kappa shape index (κ2) is 12.5. The van der Waals surface area contributed by atoms with E-state index in [-0.39, 0.29) is 18.2 Å². The molecule has 0 aliphatic carbocycles. The quantitative estimate of drug-likeness (QED) is 0.0975. The van der Waals surface area contributed by atoms with Gasteiger partial charge in [-0.05, 0) is 89.5 Å². The minimum absolute atomic E-state index is 0.0331. The van der Waals surface area contributed by atoms with Crippen LogP contribution in [0, 0.1) is 21.4 Å². The predicted octanol–water partition coefficient (Wildman–Crippen LogP) is 7.74. The Bertz CT molecular complexity index is 1750. The summed E-state index contributed by atoms with van der Waals surface area (Å²) in [6, 6.07) is 30.6. The minimum atomic E-state index is -0.438. The average molecular weight is 560 g/mol. The van der Waals surface area contributed by atoms with Crippen LogP contribution < -0.4 is 14.2 Å². The molecule has 4 aromatic carbocycles. The fourth-order valence-corrected chi connectivity index (χ4v) is 4.26. The van der Waals surface area contributed by atoms with E-state index in [0.29, 0.717) is 34.1 Å². The number of benzene rings is 4. The van der Waals surface area contributed by atoms with Gasteiger partial charge in [0.25, 0.3) is 5.69 Å². The van der Waals surface area contributed by atoms with Crippen molar-refractivity contribution < 1.29 is 23.6 Å². The Morgan fingerprint density at radius 2 is 1.40 bits per heavy atom. The van der Waals surface area contributed by atoms with E-state index in [1.54, 1.807) is 44.7 Å². The molecular formula is C33H25N3O6. The zero-order chi connectivity index (χ0) is 29.5. The van der Waals surface area contributed by atoms with E-state index in [1.807, 2.05) is 60.7 Å². The van der Waals surface area contributed by atoms with Crippen LogP contribution in [-0.4, -0.2) is 25.4 Å². The first-order valence-corrected chi connectivity index (χ1v) is 12.8. The van der Waals surface area contributed by atoms with Crippen molar-refractivity contribution >= 4 is 17.8 Å². The molecule has 0 bridgehead atoms. The largest absolute Gasteiger partial charge is 0.497 e. The lowest BCUT2D eigenvalue weighted by atomic mass is 9.98. The predicted molar refractivity (Wildman–Crippen MR) is 159 cm³/mol. The van der Waals surface area contributed by atoms with Crippen LogP contribution in [0.3, 0.4) is 0 Å². The summed E-state index contributed by atoms with van der Waals surface area (Å²) in [6.45, 7) is 0.269. The molecule has 0 saturated heterocycles. The molecule has 1 heterocycles. The first-order valence-electron chi connectivity index (χ1n) is 12.8. The first-order chi connectivity index (χ1) is 20.5. The highest BCUT2D eigenvalue weighted by molar-refractivity contribution is 5.90. The van der Waals surface area contributed by atoms with Gasteiger partial charge in [-0.3, -0.25) is 10.1 Å². The number of aliphatic imine (C=N–C) groups is 1. The van der Waals surface area contributed by atoms with Gasteiger partial charge in [-0.1, -0.05) is 12.1 Å². The lowest BCUT2D eigenvalue weighted by Crippen LogP contribution is -1.96. The van der Waals surface area contributed by atoms with E-state index in [0.717, 1.165) is 22.3 Å². The summed E-state index contributed by atoms with van der Waals surface area (Å²) in [4.78, 5) is 14.9. The Morgan fingerprint density at radius 3 is 1.95 bits per heavy atom. The average Bonchev–Trinajstić information content (AvgIpc) is 3.42. The lowest BCUT2D eigenvalue weighted by Gasteiger charge is -2.06. The highest BCUT2D eigenvalue weighted by Crippen LogP contribution is 2.43. The summed E-state index contributed by atoms with van der Waals surface area (Å²) in [6.07, 6.45) is 1.62. The Kier molecular flexibility index (Phi) is 8.26. The van der Waals surface area contributed by atoms with E-state index >= 15 is 0 Å². The van der Waals surface area contributed by atoms with Gasteiger partial charge in [0.15, 0.2) is 0 Å². The second-order valence-corrected chi connectivity index (χ2v) is 9.09. The van der Waals surface area contributed by atoms with Crippen LogP contribution in [0.4, 0.5) is 11.6 Å². The summed E-state index contributed by atoms with van der Waals surface area (Å²) in [7, 11) is 3.20. The van der Waals surface area contributed by atoms with Gasteiger partial charge in [-0.2, -0.15) is 5.26 Å². The summed E-state index contributed by atoms with van der Waals surface area (Å²) in [5, 5.41) is 21.0. The molecule has 0 atom stereocenters. The molecule has 1 aromatic heterocycles. The van der Waals surface area contributed by atoms with Crippen molar-refractivity contribution in [3.05, 3.63) is 124 Å². The molecule has 0 fully saturated rings. The number of nitriles is 1. The fourth-order valence-electron chi connectivity index (χ4n) is 4.26. The molecule has 0 saturated carbocycles. The lowest BCUT2D eigenvalue weighted by molar-refractivity contribution is -0.384. The molecule has 0 amide bonds. The number of rotatable bonds is 10. The van der Waals surface area contributed by atoms with Gasteiger partial charge < -0.3 is 18.6 Å². The van der Waals surface area contributed by atoms with Crippen LogP contribution in [0.25, 0.3) is 22.5 Å². The van der Waals surface area contributed by atoms with Gasteiger partial charge in [-0.25, -0.2) is 4.99 Å². The van der Waals surface area contributed by atoms with Gasteiger partial charge in [0.2, 0.25) is 5.88 Å². The third kappa shape index (κ3) is 6.13. The van der Waals surface area contributed by atoms with Crippen LogP contribution in [0.15, 0.2) is 106 Å². The monoisotopic (exact) mass is 559 g/mol. The van der Waals surface area contributed by atoms with Gasteiger partial charge in [0.05, 0.1) is 19.1 Å². The molecule has 0 aliphatic heterocycles. The molecule has 0 radical (unpaired) electrons.